The van der Waals surface area contributed by atoms with Crippen molar-refractivity contribution in [3.05, 3.63) is 53.2 Å². The Bertz CT molecular complexity index is 801. The maximum absolute atomic E-state index is 11.6. The minimum absolute atomic E-state index is 0.225. The SMILES string of the molecule is CN(CCOc1ccc(C[C@H]2SC(=O)NC2=O)cc1)c1ncccc1Cl. The number of nitrogens with zero attached hydrogens (tertiary/aromatic N) is 2. The zero-order chi connectivity index (χ0) is 18.5. The van der Waals surface area contributed by atoms with Crippen LogP contribution in [0.4, 0.5) is 10.6 Å². The Balaban J connectivity index is 1.48. The molecule has 0 aliphatic carbocycles. The average Bonchev–Trinajstić information content (AvgIpc) is 2.94. The molecule has 0 saturated carbocycles. The van der Waals surface area contributed by atoms with E-state index in [1.807, 2.05) is 36.2 Å². The molecule has 1 N–H and O–H groups in total. The van der Waals surface area contributed by atoms with Crippen LogP contribution in [0, 0.1) is 0 Å². The van der Waals surface area contributed by atoms with Crippen molar-refractivity contribution in [2.24, 2.45) is 0 Å². The van der Waals surface area contributed by atoms with E-state index in [1.165, 1.54) is 0 Å². The molecule has 2 heterocycles. The molecule has 0 unspecified atom stereocenters. The number of thioether (sulfide) groups is 1. The molecule has 1 aliphatic rings. The Labute approximate surface area is 160 Å². The summed E-state index contributed by atoms with van der Waals surface area (Å²) in [7, 11) is 1.91. The first-order chi connectivity index (χ1) is 12.5. The van der Waals surface area contributed by atoms with Crippen molar-refractivity contribution < 1.29 is 14.3 Å². The molecule has 6 nitrogen and oxygen atoms in total. The Morgan fingerprint density at radius 3 is 2.69 bits per heavy atom. The molecule has 2 amide bonds. The monoisotopic (exact) mass is 391 g/mol. The van der Waals surface area contributed by atoms with E-state index in [0.29, 0.717) is 24.6 Å². The number of aromatic nitrogens is 1. The number of hydrogen-bond acceptors (Lipinski definition) is 6. The number of benzene rings is 1. The second-order valence-electron chi connectivity index (χ2n) is 5.81. The van der Waals surface area contributed by atoms with Crippen LogP contribution in [0.25, 0.3) is 0 Å². The molecule has 1 aromatic carbocycles. The first-order valence-corrected chi connectivity index (χ1v) is 9.33. The van der Waals surface area contributed by atoms with Crippen LogP contribution in [-0.2, 0) is 11.2 Å². The molecule has 0 spiro atoms. The van der Waals surface area contributed by atoms with Gasteiger partial charge in [0.25, 0.3) is 5.24 Å². The molecule has 3 rings (SSSR count). The van der Waals surface area contributed by atoms with Gasteiger partial charge >= 0.3 is 0 Å². The molecule has 1 aliphatic heterocycles. The van der Waals surface area contributed by atoms with Crippen molar-refractivity contribution in [3.63, 3.8) is 0 Å². The summed E-state index contributed by atoms with van der Waals surface area (Å²) < 4.78 is 5.75. The Morgan fingerprint density at radius 2 is 2.04 bits per heavy atom. The Morgan fingerprint density at radius 1 is 1.27 bits per heavy atom. The molecular weight excluding hydrogens is 374 g/mol. The molecule has 26 heavy (non-hydrogen) atoms. The van der Waals surface area contributed by atoms with Crippen LogP contribution in [0.3, 0.4) is 0 Å². The summed E-state index contributed by atoms with van der Waals surface area (Å²) >= 11 is 7.16. The van der Waals surface area contributed by atoms with Crippen molar-refractivity contribution in [2.45, 2.75) is 11.7 Å². The van der Waals surface area contributed by atoms with E-state index in [-0.39, 0.29) is 16.4 Å². The van der Waals surface area contributed by atoms with E-state index in [0.717, 1.165) is 28.9 Å². The lowest BCUT2D eigenvalue weighted by molar-refractivity contribution is -0.118. The quantitative estimate of drug-likeness (QED) is 0.781. The molecule has 0 bridgehead atoms. The number of carbonyl (C=O) groups is 2. The molecule has 1 saturated heterocycles. The van der Waals surface area contributed by atoms with Crippen molar-refractivity contribution in [1.29, 1.82) is 0 Å². The lowest BCUT2D eigenvalue weighted by Crippen LogP contribution is -2.25. The summed E-state index contributed by atoms with van der Waals surface area (Å²) in [5.41, 5.74) is 0.983. The Hall–Kier alpha value is -2.25. The Kier molecular flexibility index (Phi) is 6.00. The van der Waals surface area contributed by atoms with Gasteiger partial charge in [-0.05, 0) is 36.2 Å². The van der Waals surface area contributed by atoms with Crippen LogP contribution in [0.5, 0.6) is 5.75 Å². The number of hydrogen-bond donors (Lipinski definition) is 1. The van der Waals surface area contributed by atoms with Gasteiger partial charge in [0, 0.05) is 13.2 Å². The van der Waals surface area contributed by atoms with Crippen molar-refractivity contribution in [3.8, 4) is 5.75 Å². The predicted octanol–water partition coefficient (Wildman–Crippen LogP) is 3.14. The molecule has 1 aromatic heterocycles. The minimum Gasteiger partial charge on any atom is -0.492 e. The maximum Gasteiger partial charge on any atom is 0.286 e. The number of likely N-dealkylation sites (N-methyl/N-ethyl adjacent to an activating group) is 1. The maximum atomic E-state index is 11.6. The fourth-order valence-corrected chi connectivity index (χ4v) is 3.65. The van der Waals surface area contributed by atoms with E-state index in [1.54, 1.807) is 18.3 Å². The molecule has 0 radical (unpaired) electrons. The van der Waals surface area contributed by atoms with Gasteiger partial charge in [0.1, 0.15) is 18.2 Å². The molecule has 2 aromatic rings. The lowest BCUT2D eigenvalue weighted by atomic mass is 10.1. The standard InChI is InChI=1S/C18H18ClN3O3S/c1-22(16-14(19)3-2-8-20-16)9-10-25-13-6-4-12(5-7-13)11-15-17(23)21-18(24)26-15/h2-8,15H,9-11H2,1H3,(H,21,23,24)/t15-/m1/s1. The van der Waals surface area contributed by atoms with Crippen LogP contribution >= 0.6 is 23.4 Å². The number of halogens is 1. The minimum atomic E-state index is -0.356. The normalized spacial score (nSPS) is 16.5. The third-order valence-electron chi connectivity index (χ3n) is 3.91. The number of pyridine rings is 1. The fourth-order valence-electron chi connectivity index (χ4n) is 2.53. The van der Waals surface area contributed by atoms with Gasteiger partial charge in [-0.15, -0.1) is 0 Å². The first kappa shape index (κ1) is 18.5. The number of anilines is 1. The summed E-state index contributed by atoms with van der Waals surface area (Å²) in [6.45, 7) is 1.12. The van der Waals surface area contributed by atoms with Crippen LogP contribution in [0.2, 0.25) is 5.02 Å². The molecule has 1 atom stereocenters. The highest BCUT2D eigenvalue weighted by Crippen LogP contribution is 2.24. The molecule has 8 heteroatoms. The first-order valence-electron chi connectivity index (χ1n) is 8.08. The van der Waals surface area contributed by atoms with Gasteiger partial charge in [0.2, 0.25) is 5.91 Å². The number of nitrogens with one attached hydrogen (secondary N) is 1. The lowest BCUT2D eigenvalue weighted by Gasteiger charge is -2.19. The second kappa shape index (κ2) is 8.42. The second-order valence-corrected chi connectivity index (χ2v) is 7.39. The summed E-state index contributed by atoms with van der Waals surface area (Å²) in [4.78, 5) is 29.0. The molecule has 1 fully saturated rings. The van der Waals surface area contributed by atoms with Gasteiger partial charge in [0.15, 0.2) is 0 Å². The summed E-state index contributed by atoms with van der Waals surface area (Å²) in [6, 6.07) is 11.1. The molecule has 136 valence electrons. The average molecular weight is 392 g/mol. The van der Waals surface area contributed by atoms with Crippen molar-refractivity contribution in [2.75, 3.05) is 25.1 Å². The fraction of sp³-hybridized carbons (Fsp3) is 0.278. The van der Waals surface area contributed by atoms with Crippen LogP contribution in [0.1, 0.15) is 5.56 Å². The number of carbonyl (C=O) groups excluding carboxylic acids is 2. The largest absolute Gasteiger partial charge is 0.492 e. The number of ether oxygens (including phenoxy) is 1. The van der Waals surface area contributed by atoms with Crippen LogP contribution < -0.4 is 15.0 Å². The number of imide groups is 1. The van der Waals surface area contributed by atoms with E-state index < -0.39 is 0 Å². The third-order valence-corrected chi connectivity index (χ3v) is 5.18. The van der Waals surface area contributed by atoms with Gasteiger partial charge in [-0.3, -0.25) is 14.9 Å². The van der Waals surface area contributed by atoms with Crippen molar-refractivity contribution in [1.82, 2.24) is 10.3 Å². The van der Waals surface area contributed by atoms with Gasteiger partial charge < -0.3 is 9.64 Å². The van der Waals surface area contributed by atoms with Crippen LogP contribution in [0.15, 0.2) is 42.6 Å². The summed E-state index contributed by atoms with van der Waals surface area (Å²) in [5, 5.41) is 2.26. The van der Waals surface area contributed by atoms with Crippen molar-refractivity contribution >= 4 is 40.3 Å². The predicted molar refractivity (Wildman–Crippen MR) is 103 cm³/mol. The number of amides is 2. The smallest absolute Gasteiger partial charge is 0.286 e. The third kappa shape index (κ3) is 4.68. The zero-order valence-corrected chi connectivity index (χ0v) is 15.7. The topological polar surface area (TPSA) is 71.5 Å². The zero-order valence-electron chi connectivity index (χ0n) is 14.1. The summed E-state index contributed by atoms with van der Waals surface area (Å²) in [6.07, 6.45) is 2.22. The number of rotatable bonds is 7. The van der Waals surface area contributed by atoms with E-state index in [2.05, 4.69) is 10.3 Å². The van der Waals surface area contributed by atoms with Gasteiger partial charge in [-0.1, -0.05) is 35.5 Å². The highest BCUT2D eigenvalue weighted by molar-refractivity contribution is 8.15. The summed E-state index contributed by atoms with van der Waals surface area (Å²) in [5.74, 6) is 1.24. The molecular formula is C18H18ClN3O3S. The highest BCUT2D eigenvalue weighted by Gasteiger charge is 2.31. The van der Waals surface area contributed by atoms with Gasteiger partial charge in [-0.2, -0.15) is 0 Å². The van der Waals surface area contributed by atoms with E-state index in [9.17, 15) is 9.59 Å². The van der Waals surface area contributed by atoms with E-state index in [4.69, 9.17) is 16.3 Å². The van der Waals surface area contributed by atoms with Gasteiger partial charge in [-0.25, -0.2) is 4.98 Å². The van der Waals surface area contributed by atoms with Gasteiger partial charge in [0.05, 0.1) is 16.8 Å². The van der Waals surface area contributed by atoms with E-state index >= 15 is 0 Å². The highest BCUT2D eigenvalue weighted by atomic mass is 35.5. The van der Waals surface area contributed by atoms with Crippen LogP contribution in [-0.4, -0.2) is 41.6 Å².